The van der Waals surface area contributed by atoms with E-state index in [1.807, 2.05) is 24.3 Å². The summed E-state index contributed by atoms with van der Waals surface area (Å²) >= 11 is 4.65. The van der Waals surface area contributed by atoms with Crippen LogP contribution in [-0.4, -0.2) is 58.6 Å². The minimum absolute atomic E-state index is 0.00913. The number of carbonyl (C=O) groups excluding carboxylic acids is 2. The van der Waals surface area contributed by atoms with Gasteiger partial charge in [-0.05, 0) is 25.1 Å². The number of nitrogens with one attached hydrogen (secondary N) is 1. The number of ether oxygens (including phenoxy) is 1. The van der Waals surface area contributed by atoms with Crippen molar-refractivity contribution in [2.45, 2.75) is 13.3 Å². The van der Waals surface area contributed by atoms with Crippen LogP contribution in [0.3, 0.4) is 0 Å². The van der Waals surface area contributed by atoms with Gasteiger partial charge in [-0.1, -0.05) is 45.5 Å². The Morgan fingerprint density at radius 2 is 2.00 bits per heavy atom. The van der Waals surface area contributed by atoms with Gasteiger partial charge in [0.15, 0.2) is 0 Å². The predicted molar refractivity (Wildman–Crippen MR) is 132 cm³/mol. The summed E-state index contributed by atoms with van der Waals surface area (Å²) in [7, 11) is 1.50. The van der Waals surface area contributed by atoms with E-state index < -0.39 is 10.8 Å². The molecule has 0 unspecified atom stereocenters. The lowest BCUT2D eigenvalue weighted by atomic mass is 10.1. The van der Waals surface area contributed by atoms with Crippen molar-refractivity contribution in [2.24, 2.45) is 0 Å². The monoisotopic (exact) mass is 547 g/mol. The number of hydrogen-bond donors (Lipinski definition) is 1. The minimum Gasteiger partial charge on any atom is -0.383 e. The van der Waals surface area contributed by atoms with Crippen LogP contribution in [0.4, 0.5) is 10.8 Å². The van der Waals surface area contributed by atoms with Crippen LogP contribution in [0.2, 0.25) is 0 Å². The Kier molecular flexibility index (Phi) is 8.79. The van der Waals surface area contributed by atoms with E-state index in [2.05, 4.69) is 31.4 Å². The van der Waals surface area contributed by atoms with Crippen molar-refractivity contribution in [3.63, 3.8) is 0 Å². The molecule has 1 N–H and O–H groups in total. The van der Waals surface area contributed by atoms with E-state index in [1.54, 1.807) is 6.92 Å². The van der Waals surface area contributed by atoms with Crippen LogP contribution in [0, 0.1) is 17.0 Å². The number of hydrogen-bond acceptors (Lipinski definition) is 8. The molecule has 3 aromatic rings. The number of halogens is 1. The Morgan fingerprint density at radius 1 is 1.21 bits per heavy atom. The van der Waals surface area contributed by atoms with Gasteiger partial charge in [0.25, 0.3) is 11.6 Å². The van der Waals surface area contributed by atoms with Crippen LogP contribution in [0.15, 0.2) is 46.9 Å². The number of nitro groups is 1. The number of aryl methyl sites for hydroxylation is 1. The van der Waals surface area contributed by atoms with Crippen molar-refractivity contribution < 1.29 is 19.2 Å². The topological polar surface area (TPSA) is 128 Å². The van der Waals surface area contributed by atoms with E-state index >= 15 is 0 Å². The molecular weight excluding hydrogens is 526 g/mol. The molecule has 0 aliphatic heterocycles. The van der Waals surface area contributed by atoms with Crippen molar-refractivity contribution in [3.8, 4) is 10.6 Å². The molecule has 0 radical (unpaired) electrons. The second-order valence-electron chi connectivity index (χ2n) is 7.26. The van der Waals surface area contributed by atoms with Crippen molar-refractivity contribution in [1.82, 2.24) is 15.1 Å². The van der Waals surface area contributed by atoms with Crippen LogP contribution in [-0.2, 0) is 9.53 Å². The smallest absolute Gasteiger partial charge is 0.273 e. The first kappa shape index (κ1) is 25.4. The highest BCUT2D eigenvalue weighted by Crippen LogP contribution is 2.28. The highest BCUT2D eigenvalue weighted by Gasteiger charge is 2.21. The van der Waals surface area contributed by atoms with Gasteiger partial charge in [-0.15, -0.1) is 10.2 Å². The maximum absolute atomic E-state index is 13.0. The second-order valence-corrected chi connectivity index (χ2v) is 9.16. The lowest BCUT2D eigenvalue weighted by Gasteiger charge is -2.22. The number of carbonyl (C=O) groups is 2. The van der Waals surface area contributed by atoms with Crippen LogP contribution in [0.1, 0.15) is 22.3 Å². The van der Waals surface area contributed by atoms with Crippen molar-refractivity contribution >= 4 is 49.9 Å². The molecule has 0 aliphatic carbocycles. The average molecular weight is 548 g/mol. The van der Waals surface area contributed by atoms with Gasteiger partial charge >= 0.3 is 0 Å². The molecule has 0 bridgehead atoms. The fraction of sp³-hybridized carbons (Fsp3) is 0.273. The third-order valence-electron chi connectivity index (χ3n) is 4.86. The highest BCUT2D eigenvalue weighted by molar-refractivity contribution is 9.10. The van der Waals surface area contributed by atoms with Crippen molar-refractivity contribution in [1.29, 1.82) is 0 Å². The largest absolute Gasteiger partial charge is 0.383 e. The molecule has 34 heavy (non-hydrogen) atoms. The Hall–Kier alpha value is -3.22. The highest BCUT2D eigenvalue weighted by atomic mass is 79.9. The normalized spacial score (nSPS) is 10.7. The summed E-state index contributed by atoms with van der Waals surface area (Å²) in [6, 6.07) is 11.9. The van der Waals surface area contributed by atoms with E-state index in [-0.39, 0.29) is 43.3 Å². The fourth-order valence-corrected chi connectivity index (χ4v) is 4.22. The number of rotatable bonds is 10. The molecule has 0 fully saturated rings. The third kappa shape index (κ3) is 6.65. The average Bonchev–Trinajstić information content (AvgIpc) is 3.27. The Labute approximate surface area is 208 Å². The molecule has 178 valence electrons. The summed E-state index contributed by atoms with van der Waals surface area (Å²) < 4.78 is 5.98. The van der Waals surface area contributed by atoms with Crippen LogP contribution in [0.5, 0.6) is 0 Å². The summed E-state index contributed by atoms with van der Waals surface area (Å²) in [4.78, 5) is 37.6. The molecule has 0 aliphatic rings. The zero-order chi connectivity index (χ0) is 24.7. The third-order valence-corrected chi connectivity index (χ3v) is 6.24. The van der Waals surface area contributed by atoms with Gasteiger partial charge in [-0.3, -0.25) is 19.7 Å². The van der Waals surface area contributed by atoms with E-state index in [0.29, 0.717) is 15.7 Å². The van der Waals surface area contributed by atoms with E-state index in [0.717, 1.165) is 10.0 Å². The quantitative estimate of drug-likeness (QED) is 0.296. The summed E-state index contributed by atoms with van der Waals surface area (Å²) in [5.74, 6) is -0.747. The number of amides is 2. The molecule has 0 atom stereocenters. The minimum atomic E-state index is -0.524. The van der Waals surface area contributed by atoms with Gasteiger partial charge in [0.05, 0.1) is 11.5 Å². The van der Waals surface area contributed by atoms with Crippen LogP contribution >= 0.6 is 27.3 Å². The zero-order valence-corrected chi connectivity index (χ0v) is 20.9. The second kappa shape index (κ2) is 11.8. The molecule has 12 heteroatoms. The van der Waals surface area contributed by atoms with Crippen molar-refractivity contribution in [2.75, 3.05) is 32.1 Å². The number of nitro benzene ring substituents is 1. The Balaban J connectivity index is 1.65. The lowest BCUT2D eigenvalue weighted by Crippen LogP contribution is -2.36. The lowest BCUT2D eigenvalue weighted by molar-refractivity contribution is -0.385. The van der Waals surface area contributed by atoms with E-state index in [4.69, 9.17) is 4.74 Å². The molecule has 0 saturated carbocycles. The van der Waals surface area contributed by atoms with Crippen molar-refractivity contribution in [3.05, 3.63) is 68.2 Å². The fourth-order valence-electron chi connectivity index (χ4n) is 3.07. The first-order valence-corrected chi connectivity index (χ1v) is 11.8. The van der Waals surface area contributed by atoms with Gasteiger partial charge < -0.3 is 15.0 Å². The van der Waals surface area contributed by atoms with E-state index in [9.17, 15) is 19.7 Å². The number of aromatic nitrogens is 2. The standard InChI is InChI=1S/C22H22BrN5O5S/c1-14-6-7-16(13-18(14)28(31)32)21(30)27(10-11-33-2)9-8-19(29)24-22-26-25-20(34-22)15-4-3-5-17(23)12-15/h3-7,12-13H,8-11H2,1-2H3,(H,24,26,29). The summed E-state index contributed by atoms with van der Waals surface area (Å²) in [5.41, 5.74) is 1.38. The molecule has 2 aromatic carbocycles. The first-order chi connectivity index (χ1) is 16.3. The molecule has 2 amide bonds. The molecule has 1 aromatic heterocycles. The Morgan fingerprint density at radius 3 is 2.71 bits per heavy atom. The SMILES string of the molecule is COCCN(CCC(=O)Nc1nnc(-c2cccc(Br)c2)s1)C(=O)c1ccc(C)c([N+](=O)[O-])c1. The first-order valence-electron chi connectivity index (χ1n) is 10.2. The van der Waals surface area contributed by atoms with E-state index in [1.165, 1.54) is 41.5 Å². The molecule has 1 heterocycles. The van der Waals surface area contributed by atoms with Gasteiger partial charge in [-0.25, -0.2) is 0 Å². The summed E-state index contributed by atoms with van der Waals surface area (Å²) in [6.07, 6.45) is 0.00913. The van der Waals surface area contributed by atoms with Crippen LogP contribution in [0.25, 0.3) is 10.6 Å². The Bertz CT molecular complexity index is 1200. The molecule has 0 saturated heterocycles. The van der Waals surface area contributed by atoms with Gasteiger partial charge in [-0.2, -0.15) is 0 Å². The zero-order valence-electron chi connectivity index (χ0n) is 18.5. The molecule has 3 rings (SSSR count). The number of nitrogens with zero attached hydrogens (tertiary/aromatic N) is 4. The number of methoxy groups -OCH3 is 1. The maximum Gasteiger partial charge on any atom is 0.273 e. The van der Waals surface area contributed by atoms with Gasteiger partial charge in [0.1, 0.15) is 5.01 Å². The molecule has 10 nitrogen and oxygen atoms in total. The maximum atomic E-state index is 13.0. The molecular formula is C22H22BrN5O5S. The predicted octanol–water partition coefficient (Wildman–Crippen LogP) is 4.30. The number of benzene rings is 2. The van der Waals surface area contributed by atoms with Crippen LogP contribution < -0.4 is 5.32 Å². The summed E-state index contributed by atoms with van der Waals surface area (Å²) in [6.45, 7) is 2.20. The molecule has 0 spiro atoms. The van der Waals surface area contributed by atoms with Gasteiger partial charge in [0.2, 0.25) is 11.0 Å². The summed E-state index contributed by atoms with van der Waals surface area (Å²) in [5, 5.41) is 23.1. The number of anilines is 1. The van der Waals surface area contributed by atoms with Gasteiger partial charge in [0, 0.05) is 53.8 Å².